The monoisotopic (exact) mass is 361 g/mol. The van der Waals surface area contributed by atoms with E-state index in [1.54, 1.807) is 12.1 Å². The lowest BCUT2D eigenvalue weighted by Crippen LogP contribution is -2.50. The van der Waals surface area contributed by atoms with E-state index in [4.69, 9.17) is 0 Å². The van der Waals surface area contributed by atoms with E-state index >= 15 is 0 Å². The molecule has 2 N–H and O–H groups in total. The van der Waals surface area contributed by atoms with Gasteiger partial charge < -0.3 is 15.2 Å². The van der Waals surface area contributed by atoms with Crippen molar-refractivity contribution < 1.29 is 4.79 Å². The summed E-state index contributed by atoms with van der Waals surface area (Å²) < 4.78 is 1.88. The number of pyridine rings is 1. The summed E-state index contributed by atoms with van der Waals surface area (Å²) in [6, 6.07) is 7.04. The van der Waals surface area contributed by atoms with Crippen LogP contribution in [0.4, 0.5) is 0 Å². The molecule has 2 aromatic heterocycles. The van der Waals surface area contributed by atoms with Crippen LogP contribution < -0.4 is 16.2 Å². The SMILES string of the molecule is Cl.O=C(NC[C@H]1[C@@H]2CNC[C@@H](C2)c2cccc(=O)n21)c1ccnnc1. The summed E-state index contributed by atoms with van der Waals surface area (Å²) in [5.41, 5.74) is 1.55. The van der Waals surface area contributed by atoms with E-state index in [1.807, 2.05) is 16.7 Å². The second-order valence-corrected chi connectivity index (χ2v) is 6.42. The number of halogens is 1. The van der Waals surface area contributed by atoms with Crippen LogP contribution in [0.2, 0.25) is 0 Å². The highest BCUT2D eigenvalue weighted by atomic mass is 35.5. The van der Waals surface area contributed by atoms with E-state index in [0.717, 1.165) is 25.2 Å². The second-order valence-electron chi connectivity index (χ2n) is 6.42. The van der Waals surface area contributed by atoms with Gasteiger partial charge in [-0.2, -0.15) is 10.2 Å². The largest absolute Gasteiger partial charge is 0.350 e. The second kappa shape index (κ2) is 7.33. The lowest BCUT2D eigenvalue weighted by atomic mass is 9.79. The third-order valence-corrected chi connectivity index (χ3v) is 5.02. The Morgan fingerprint density at radius 3 is 2.96 bits per heavy atom. The zero-order valence-electron chi connectivity index (χ0n) is 13.6. The minimum absolute atomic E-state index is 0. The molecule has 4 heterocycles. The van der Waals surface area contributed by atoms with Crippen LogP contribution >= 0.6 is 12.4 Å². The van der Waals surface area contributed by atoms with E-state index < -0.39 is 0 Å². The molecular formula is C17H20ClN5O2. The molecule has 4 rings (SSSR count). The van der Waals surface area contributed by atoms with Crippen molar-refractivity contribution in [2.75, 3.05) is 19.6 Å². The van der Waals surface area contributed by atoms with Crippen molar-refractivity contribution in [2.24, 2.45) is 5.92 Å². The first-order valence-electron chi connectivity index (χ1n) is 8.21. The predicted molar refractivity (Wildman–Crippen MR) is 95.1 cm³/mol. The fourth-order valence-electron chi connectivity index (χ4n) is 3.89. The number of amides is 1. The van der Waals surface area contributed by atoms with Crippen molar-refractivity contribution >= 4 is 18.3 Å². The molecule has 0 spiro atoms. The lowest BCUT2D eigenvalue weighted by Gasteiger charge is -2.43. The number of fused-ring (bicyclic) bond motifs is 4. The van der Waals surface area contributed by atoms with Crippen LogP contribution in [0.3, 0.4) is 0 Å². The number of carbonyl (C=O) groups excluding carboxylic acids is 1. The normalized spacial score (nSPS) is 23.9. The van der Waals surface area contributed by atoms with Crippen molar-refractivity contribution in [1.82, 2.24) is 25.4 Å². The van der Waals surface area contributed by atoms with Gasteiger partial charge in [0, 0.05) is 37.3 Å². The van der Waals surface area contributed by atoms with Crippen molar-refractivity contribution in [2.45, 2.75) is 18.4 Å². The highest BCUT2D eigenvalue weighted by Crippen LogP contribution is 2.38. The maximum Gasteiger partial charge on any atom is 0.253 e. The standard InChI is InChI=1S/C17H19N5O2.ClH/c23-16-3-1-2-14-12-6-13(8-18-7-12)15(22(14)16)10-19-17(24)11-4-5-20-21-9-11;/h1-5,9,12-13,15,18H,6-8,10H2,(H,19,24);1H/t12-,13+,15+;/m1./s1. The van der Waals surface area contributed by atoms with Crippen LogP contribution in [0.1, 0.15) is 34.4 Å². The molecule has 25 heavy (non-hydrogen) atoms. The number of nitrogens with one attached hydrogen (secondary N) is 2. The van der Waals surface area contributed by atoms with Gasteiger partial charge in [-0.15, -0.1) is 12.4 Å². The van der Waals surface area contributed by atoms with Crippen LogP contribution in [0.5, 0.6) is 0 Å². The van der Waals surface area contributed by atoms with E-state index in [1.165, 1.54) is 12.4 Å². The molecule has 0 aromatic carbocycles. The molecule has 132 valence electrons. The summed E-state index contributed by atoms with van der Waals surface area (Å²) in [6.07, 6.45) is 3.98. The Bertz CT molecular complexity index is 810. The third kappa shape index (κ3) is 3.29. The third-order valence-electron chi connectivity index (χ3n) is 5.02. The van der Waals surface area contributed by atoms with Crippen LogP contribution in [-0.2, 0) is 0 Å². The van der Waals surface area contributed by atoms with Gasteiger partial charge in [0.25, 0.3) is 11.5 Å². The first-order valence-corrected chi connectivity index (χ1v) is 8.21. The molecule has 3 atom stereocenters. The molecule has 0 saturated carbocycles. The molecule has 2 aromatic rings. The first kappa shape index (κ1) is 17.6. The van der Waals surface area contributed by atoms with Crippen LogP contribution in [0.15, 0.2) is 41.5 Å². The molecule has 2 aliphatic heterocycles. The number of hydrogen-bond acceptors (Lipinski definition) is 5. The minimum Gasteiger partial charge on any atom is -0.350 e. The molecule has 0 aliphatic carbocycles. The number of nitrogens with zero attached hydrogens (tertiary/aromatic N) is 3. The molecule has 1 fully saturated rings. The molecule has 7 nitrogen and oxygen atoms in total. The van der Waals surface area contributed by atoms with Gasteiger partial charge in [-0.1, -0.05) is 6.07 Å². The smallest absolute Gasteiger partial charge is 0.253 e. The Balaban J connectivity index is 0.00000182. The topological polar surface area (TPSA) is 88.9 Å². The Morgan fingerprint density at radius 1 is 1.28 bits per heavy atom. The Morgan fingerprint density at radius 2 is 2.16 bits per heavy atom. The summed E-state index contributed by atoms with van der Waals surface area (Å²) in [4.78, 5) is 24.7. The molecule has 8 heteroatoms. The number of piperidine rings is 1. The Hall–Kier alpha value is -2.25. The summed E-state index contributed by atoms with van der Waals surface area (Å²) in [7, 11) is 0. The molecule has 2 aliphatic rings. The van der Waals surface area contributed by atoms with E-state index in [2.05, 4.69) is 20.8 Å². The predicted octanol–water partition coefficient (Wildman–Crippen LogP) is 0.738. The summed E-state index contributed by atoms with van der Waals surface area (Å²) in [6.45, 7) is 2.20. The van der Waals surface area contributed by atoms with Gasteiger partial charge in [-0.05, 0) is 24.5 Å². The van der Waals surface area contributed by atoms with Gasteiger partial charge in [0.2, 0.25) is 0 Å². The number of aromatic nitrogens is 3. The van der Waals surface area contributed by atoms with Crippen LogP contribution in [0, 0.1) is 5.92 Å². The van der Waals surface area contributed by atoms with Gasteiger partial charge in [-0.25, -0.2) is 0 Å². The molecule has 0 radical (unpaired) electrons. The molecule has 2 bridgehead atoms. The number of carbonyl (C=O) groups is 1. The average Bonchev–Trinajstić information content (AvgIpc) is 2.63. The van der Waals surface area contributed by atoms with Crippen molar-refractivity contribution in [3.63, 3.8) is 0 Å². The minimum atomic E-state index is -0.193. The van der Waals surface area contributed by atoms with Gasteiger partial charge in [0.1, 0.15) is 0 Å². The summed E-state index contributed by atoms with van der Waals surface area (Å²) in [5.74, 6) is 0.516. The Kier molecular flexibility index (Phi) is 5.15. The molecular weight excluding hydrogens is 342 g/mol. The highest BCUT2D eigenvalue weighted by Gasteiger charge is 2.37. The van der Waals surface area contributed by atoms with Gasteiger partial charge in [0.15, 0.2) is 0 Å². The molecule has 0 unspecified atom stereocenters. The zero-order chi connectivity index (χ0) is 16.5. The van der Waals surface area contributed by atoms with Gasteiger partial charge >= 0.3 is 0 Å². The van der Waals surface area contributed by atoms with Crippen LogP contribution in [0.25, 0.3) is 0 Å². The summed E-state index contributed by atoms with van der Waals surface area (Å²) >= 11 is 0. The Labute approximate surface area is 151 Å². The van der Waals surface area contributed by atoms with E-state index in [9.17, 15) is 9.59 Å². The van der Waals surface area contributed by atoms with Gasteiger partial charge in [0.05, 0.1) is 24.0 Å². The fraction of sp³-hybridized carbons (Fsp3) is 0.412. The van der Waals surface area contributed by atoms with Crippen molar-refractivity contribution in [1.29, 1.82) is 0 Å². The molecule has 1 amide bonds. The average molecular weight is 362 g/mol. The highest BCUT2D eigenvalue weighted by molar-refractivity contribution is 5.93. The summed E-state index contributed by atoms with van der Waals surface area (Å²) in [5, 5.41) is 13.8. The maximum atomic E-state index is 12.4. The van der Waals surface area contributed by atoms with Crippen LogP contribution in [-0.4, -0.2) is 40.3 Å². The lowest BCUT2D eigenvalue weighted by molar-refractivity contribution is 0.0931. The maximum absolute atomic E-state index is 12.4. The van der Waals surface area contributed by atoms with Crippen molar-refractivity contribution in [3.05, 3.63) is 58.3 Å². The fourth-order valence-corrected chi connectivity index (χ4v) is 3.89. The zero-order valence-corrected chi connectivity index (χ0v) is 14.4. The van der Waals surface area contributed by atoms with Crippen molar-refractivity contribution in [3.8, 4) is 0 Å². The molecule has 1 saturated heterocycles. The number of hydrogen-bond donors (Lipinski definition) is 2. The quantitative estimate of drug-likeness (QED) is 0.841. The first-order chi connectivity index (χ1) is 11.7. The number of rotatable bonds is 3. The van der Waals surface area contributed by atoms with E-state index in [-0.39, 0.29) is 29.9 Å². The van der Waals surface area contributed by atoms with Gasteiger partial charge in [-0.3, -0.25) is 9.59 Å². The van der Waals surface area contributed by atoms with E-state index in [0.29, 0.717) is 23.9 Å².